The highest BCUT2D eigenvalue weighted by molar-refractivity contribution is 4.68. The van der Waals surface area contributed by atoms with Crippen LogP contribution >= 0.6 is 0 Å². The molecule has 0 fully saturated rings. The summed E-state index contributed by atoms with van der Waals surface area (Å²) in [5.41, 5.74) is 0. The summed E-state index contributed by atoms with van der Waals surface area (Å²) in [6, 6.07) is 0. The van der Waals surface area contributed by atoms with Crippen LogP contribution < -0.4 is 5.32 Å². The summed E-state index contributed by atoms with van der Waals surface area (Å²) in [5, 5.41) is 10.9. The van der Waals surface area contributed by atoms with Crippen molar-refractivity contribution in [2.75, 3.05) is 19.7 Å². The molecule has 0 aromatic heterocycles. The standard InChI is InChI=1S/C10H19F2NO/c1-2-3-4-5-6-7-13-8-10(11,12)9-14/h2,13-14H,1,3-9H2. The van der Waals surface area contributed by atoms with Crippen molar-refractivity contribution in [1.29, 1.82) is 0 Å². The molecule has 0 aliphatic rings. The van der Waals surface area contributed by atoms with Gasteiger partial charge in [-0.15, -0.1) is 6.58 Å². The van der Waals surface area contributed by atoms with Gasteiger partial charge >= 0.3 is 0 Å². The average molecular weight is 207 g/mol. The van der Waals surface area contributed by atoms with E-state index in [9.17, 15) is 8.78 Å². The van der Waals surface area contributed by atoms with Gasteiger partial charge in [-0.25, -0.2) is 8.78 Å². The fourth-order valence-electron chi connectivity index (χ4n) is 1.04. The molecule has 0 aromatic rings. The number of nitrogens with one attached hydrogen (secondary N) is 1. The molecule has 2 N–H and O–H groups in total. The number of aliphatic hydroxyl groups excluding tert-OH is 1. The molecule has 0 rings (SSSR count). The third kappa shape index (κ3) is 8.13. The summed E-state index contributed by atoms with van der Waals surface area (Å²) in [4.78, 5) is 0. The van der Waals surface area contributed by atoms with E-state index in [1.807, 2.05) is 6.08 Å². The minimum Gasteiger partial charge on any atom is -0.390 e. The maximum atomic E-state index is 12.5. The molecule has 0 spiro atoms. The Bertz CT molecular complexity index is 151. The molecule has 0 unspecified atom stereocenters. The first-order chi connectivity index (χ1) is 6.62. The molecule has 0 bridgehead atoms. The van der Waals surface area contributed by atoms with Gasteiger partial charge in [0, 0.05) is 0 Å². The molecule has 0 saturated carbocycles. The molecule has 84 valence electrons. The number of rotatable bonds is 9. The van der Waals surface area contributed by atoms with Crippen LogP contribution in [-0.2, 0) is 0 Å². The molecule has 0 heterocycles. The van der Waals surface area contributed by atoms with E-state index in [4.69, 9.17) is 5.11 Å². The second-order valence-corrected chi connectivity index (χ2v) is 3.33. The highest BCUT2D eigenvalue weighted by atomic mass is 19.3. The summed E-state index contributed by atoms with van der Waals surface area (Å²) < 4.78 is 24.9. The second-order valence-electron chi connectivity index (χ2n) is 3.33. The minimum absolute atomic E-state index is 0.440. The van der Waals surface area contributed by atoms with E-state index in [-0.39, 0.29) is 0 Å². The monoisotopic (exact) mass is 207 g/mol. The number of halogens is 2. The van der Waals surface area contributed by atoms with Gasteiger partial charge in [-0.2, -0.15) is 0 Å². The van der Waals surface area contributed by atoms with Crippen molar-refractivity contribution in [1.82, 2.24) is 5.32 Å². The third-order valence-electron chi connectivity index (χ3n) is 1.88. The van der Waals surface area contributed by atoms with Crippen molar-refractivity contribution in [3.8, 4) is 0 Å². The van der Waals surface area contributed by atoms with Crippen LogP contribution in [0.4, 0.5) is 8.78 Å². The normalized spacial score (nSPS) is 11.6. The lowest BCUT2D eigenvalue weighted by Gasteiger charge is -2.13. The SMILES string of the molecule is C=CCCCCCNCC(F)(F)CO. The van der Waals surface area contributed by atoms with Gasteiger partial charge in [-0.3, -0.25) is 0 Å². The smallest absolute Gasteiger partial charge is 0.282 e. The van der Waals surface area contributed by atoms with Crippen LogP contribution in [0.3, 0.4) is 0 Å². The van der Waals surface area contributed by atoms with Crippen molar-refractivity contribution in [2.45, 2.75) is 31.6 Å². The molecule has 0 aliphatic carbocycles. The quantitative estimate of drug-likeness (QED) is 0.447. The van der Waals surface area contributed by atoms with Crippen LogP contribution in [0, 0.1) is 0 Å². The lowest BCUT2D eigenvalue weighted by atomic mass is 10.2. The summed E-state index contributed by atoms with van der Waals surface area (Å²) in [5.74, 6) is -2.99. The number of hydrogen-bond donors (Lipinski definition) is 2. The Morgan fingerprint density at radius 3 is 2.57 bits per heavy atom. The molecule has 0 atom stereocenters. The van der Waals surface area contributed by atoms with Gasteiger partial charge in [0.05, 0.1) is 6.54 Å². The van der Waals surface area contributed by atoms with Crippen LogP contribution in [0.2, 0.25) is 0 Å². The molecule has 14 heavy (non-hydrogen) atoms. The first-order valence-corrected chi connectivity index (χ1v) is 4.92. The predicted octanol–water partition coefficient (Wildman–Crippen LogP) is 1.95. The van der Waals surface area contributed by atoms with Gasteiger partial charge in [0.2, 0.25) is 0 Å². The largest absolute Gasteiger partial charge is 0.390 e. The van der Waals surface area contributed by atoms with E-state index in [0.29, 0.717) is 6.54 Å². The van der Waals surface area contributed by atoms with Crippen LogP contribution in [0.25, 0.3) is 0 Å². The van der Waals surface area contributed by atoms with Gasteiger partial charge < -0.3 is 10.4 Å². The zero-order valence-corrected chi connectivity index (χ0v) is 8.44. The van der Waals surface area contributed by atoms with Crippen LogP contribution in [-0.4, -0.2) is 30.7 Å². The number of allylic oxidation sites excluding steroid dienone is 1. The van der Waals surface area contributed by atoms with Crippen molar-refractivity contribution >= 4 is 0 Å². The molecule has 0 radical (unpaired) electrons. The average Bonchev–Trinajstić information content (AvgIpc) is 2.16. The first kappa shape index (κ1) is 13.5. The first-order valence-electron chi connectivity index (χ1n) is 4.92. The highest BCUT2D eigenvalue weighted by Crippen LogP contribution is 2.09. The number of alkyl halides is 2. The third-order valence-corrected chi connectivity index (χ3v) is 1.88. The molecule has 0 saturated heterocycles. The van der Waals surface area contributed by atoms with Crippen LogP contribution in [0.15, 0.2) is 12.7 Å². The Hall–Kier alpha value is -0.480. The van der Waals surface area contributed by atoms with Gasteiger partial charge in [-0.05, 0) is 25.8 Å². The fourth-order valence-corrected chi connectivity index (χ4v) is 1.04. The van der Waals surface area contributed by atoms with Crippen molar-refractivity contribution in [3.05, 3.63) is 12.7 Å². The lowest BCUT2D eigenvalue weighted by Crippen LogP contribution is -2.36. The van der Waals surface area contributed by atoms with E-state index >= 15 is 0 Å². The highest BCUT2D eigenvalue weighted by Gasteiger charge is 2.26. The second kappa shape index (κ2) is 7.88. The van der Waals surface area contributed by atoms with Crippen LogP contribution in [0.1, 0.15) is 25.7 Å². The minimum atomic E-state index is -2.99. The van der Waals surface area contributed by atoms with Gasteiger partial charge in [0.25, 0.3) is 5.92 Å². The van der Waals surface area contributed by atoms with Crippen molar-refractivity contribution in [3.63, 3.8) is 0 Å². The van der Waals surface area contributed by atoms with E-state index in [1.165, 1.54) is 0 Å². The molecular weight excluding hydrogens is 188 g/mol. The molecule has 0 amide bonds. The van der Waals surface area contributed by atoms with Crippen molar-refractivity contribution in [2.24, 2.45) is 0 Å². The Labute approximate surface area is 84.0 Å². The van der Waals surface area contributed by atoms with E-state index in [1.54, 1.807) is 0 Å². The number of aliphatic hydroxyl groups is 1. The van der Waals surface area contributed by atoms with E-state index in [2.05, 4.69) is 11.9 Å². The van der Waals surface area contributed by atoms with Gasteiger partial charge in [-0.1, -0.05) is 12.5 Å². The Kier molecular flexibility index (Phi) is 7.61. The molecule has 2 nitrogen and oxygen atoms in total. The zero-order chi connectivity index (χ0) is 10.9. The molecule has 0 aromatic carbocycles. The van der Waals surface area contributed by atoms with Crippen LogP contribution in [0.5, 0.6) is 0 Å². The molecule has 4 heteroatoms. The topological polar surface area (TPSA) is 32.3 Å². The zero-order valence-electron chi connectivity index (χ0n) is 8.44. The maximum absolute atomic E-state index is 12.5. The van der Waals surface area contributed by atoms with Gasteiger partial charge in [0.15, 0.2) is 0 Å². The Balaban J connectivity index is 3.17. The fraction of sp³-hybridized carbons (Fsp3) is 0.800. The Morgan fingerprint density at radius 2 is 2.00 bits per heavy atom. The van der Waals surface area contributed by atoms with Crippen molar-refractivity contribution < 1.29 is 13.9 Å². The number of hydrogen-bond acceptors (Lipinski definition) is 2. The molecular formula is C10H19F2NO. The maximum Gasteiger partial charge on any atom is 0.282 e. The summed E-state index contributed by atoms with van der Waals surface area (Å²) in [6.07, 6.45) is 5.79. The lowest BCUT2D eigenvalue weighted by molar-refractivity contribution is -0.0474. The van der Waals surface area contributed by atoms with E-state index in [0.717, 1.165) is 25.7 Å². The number of unbranched alkanes of at least 4 members (excludes halogenated alkanes) is 3. The molecule has 0 aliphatic heterocycles. The van der Waals surface area contributed by atoms with E-state index < -0.39 is 19.1 Å². The summed E-state index contributed by atoms with van der Waals surface area (Å²) in [7, 11) is 0. The summed E-state index contributed by atoms with van der Waals surface area (Å²) in [6.45, 7) is 2.65. The summed E-state index contributed by atoms with van der Waals surface area (Å²) >= 11 is 0. The Morgan fingerprint density at radius 1 is 1.29 bits per heavy atom. The predicted molar refractivity (Wildman–Crippen MR) is 53.6 cm³/mol. The van der Waals surface area contributed by atoms with Gasteiger partial charge in [0.1, 0.15) is 6.61 Å².